The van der Waals surface area contributed by atoms with Gasteiger partial charge in [0.05, 0.1) is 5.54 Å². The number of hydrogen-bond acceptors (Lipinski definition) is 2. The van der Waals surface area contributed by atoms with Crippen molar-refractivity contribution in [1.29, 1.82) is 0 Å². The van der Waals surface area contributed by atoms with Crippen LogP contribution in [0.5, 0.6) is 0 Å². The molecule has 1 N–H and O–H groups in total. The molecule has 0 unspecified atom stereocenters. The lowest BCUT2D eigenvalue weighted by Crippen LogP contribution is -2.40. The van der Waals surface area contributed by atoms with E-state index in [-0.39, 0.29) is 11.6 Å². The normalized spacial score (nSPS) is 24.6. The van der Waals surface area contributed by atoms with Gasteiger partial charge in [0, 0.05) is 18.3 Å². The van der Waals surface area contributed by atoms with E-state index in [1.807, 2.05) is 31.3 Å². The molecule has 0 spiro atoms. The van der Waals surface area contributed by atoms with E-state index in [1.165, 1.54) is 0 Å². The van der Waals surface area contributed by atoms with Crippen LogP contribution in [0, 0.1) is 0 Å². The van der Waals surface area contributed by atoms with Crippen molar-refractivity contribution >= 4 is 5.69 Å². The van der Waals surface area contributed by atoms with Crippen molar-refractivity contribution in [3.05, 3.63) is 29.8 Å². The van der Waals surface area contributed by atoms with E-state index in [4.69, 9.17) is 0 Å². The van der Waals surface area contributed by atoms with E-state index in [1.54, 1.807) is 0 Å². The molecule has 0 bridgehead atoms. The van der Waals surface area contributed by atoms with Crippen LogP contribution in [0.15, 0.2) is 24.3 Å². The molecule has 2 nitrogen and oxygen atoms in total. The van der Waals surface area contributed by atoms with Crippen LogP contribution in [0.25, 0.3) is 0 Å². The second-order valence-corrected chi connectivity index (χ2v) is 4.17. The minimum atomic E-state index is -0.381. The Morgan fingerprint density at radius 1 is 1.31 bits per heavy atom. The molecule has 0 aliphatic carbocycles. The summed E-state index contributed by atoms with van der Waals surface area (Å²) < 4.78 is 0. The number of rotatable bonds is 0. The summed E-state index contributed by atoms with van der Waals surface area (Å²) in [6.07, 6.45) is -0.381. The number of likely N-dealkylation sites (N-methyl/N-ethyl adjacent to an activating group) is 1. The molecule has 0 amide bonds. The number of aliphatic hydroxyl groups excluding tert-OH is 1. The van der Waals surface area contributed by atoms with Crippen molar-refractivity contribution in [3.63, 3.8) is 0 Å². The predicted molar refractivity (Wildman–Crippen MR) is 53.9 cm³/mol. The highest BCUT2D eigenvalue weighted by Gasteiger charge is 2.41. The van der Waals surface area contributed by atoms with Gasteiger partial charge in [-0.05, 0) is 19.9 Å². The van der Waals surface area contributed by atoms with Crippen LogP contribution in [0.2, 0.25) is 0 Å². The molecule has 70 valence electrons. The molecular weight excluding hydrogens is 162 g/mol. The molecule has 1 atom stereocenters. The third-order valence-corrected chi connectivity index (χ3v) is 3.13. The summed E-state index contributed by atoms with van der Waals surface area (Å²) in [4.78, 5) is 2.13. The second-order valence-electron chi connectivity index (χ2n) is 4.17. The summed E-state index contributed by atoms with van der Waals surface area (Å²) in [5, 5.41) is 10.0. The van der Waals surface area contributed by atoms with Gasteiger partial charge in [0.25, 0.3) is 0 Å². The quantitative estimate of drug-likeness (QED) is 0.654. The van der Waals surface area contributed by atoms with E-state index in [0.29, 0.717) is 0 Å². The zero-order valence-corrected chi connectivity index (χ0v) is 8.28. The Morgan fingerprint density at radius 3 is 2.54 bits per heavy atom. The van der Waals surface area contributed by atoms with Gasteiger partial charge >= 0.3 is 0 Å². The molecule has 0 saturated heterocycles. The number of benzene rings is 1. The minimum Gasteiger partial charge on any atom is -0.386 e. The van der Waals surface area contributed by atoms with Crippen molar-refractivity contribution in [3.8, 4) is 0 Å². The number of para-hydroxylation sites is 1. The highest BCUT2D eigenvalue weighted by atomic mass is 16.3. The summed E-state index contributed by atoms with van der Waals surface area (Å²) in [6.45, 7) is 4.11. The summed E-state index contributed by atoms with van der Waals surface area (Å²) >= 11 is 0. The first-order valence-electron chi connectivity index (χ1n) is 4.56. The number of hydrogen-bond donors (Lipinski definition) is 1. The van der Waals surface area contributed by atoms with Crippen molar-refractivity contribution in [2.24, 2.45) is 0 Å². The SMILES string of the molecule is CN1c2ccccc2[C@@H](O)C1(C)C. The zero-order chi connectivity index (χ0) is 9.64. The van der Waals surface area contributed by atoms with Crippen molar-refractivity contribution in [2.75, 3.05) is 11.9 Å². The Kier molecular flexibility index (Phi) is 1.64. The van der Waals surface area contributed by atoms with Crippen LogP contribution in [-0.2, 0) is 0 Å². The van der Waals surface area contributed by atoms with Gasteiger partial charge in [0.2, 0.25) is 0 Å². The van der Waals surface area contributed by atoms with Gasteiger partial charge in [-0.25, -0.2) is 0 Å². The Hall–Kier alpha value is -1.02. The van der Waals surface area contributed by atoms with Crippen molar-refractivity contribution in [1.82, 2.24) is 0 Å². The number of aliphatic hydroxyl groups is 1. The topological polar surface area (TPSA) is 23.5 Å². The third-order valence-electron chi connectivity index (χ3n) is 3.13. The van der Waals surface area contributed by atoms with E-state index < -0.39 is 0 Å². The van der Waals surface area contributed by atoms with Crippen LogP contribution in [-0.4, -0.2) is 17.7 Å². The monoisotopic (exact) mass is 177 g/mol. The fourth-order valence-electron chi connectivity index (χ4n) is 1.90. The largest absolute Gasteiger partial charge is 0.386 e. The number of nitrogens with zero attached hydrogens (tertiary/aromatic N) is 1. The van der Waals surface area contributed by atoms with Crippen LogP contribution in [0.1, 0.15) is 25.5 Å². The maximum Gasteiger partial charge on any atom is 0.104 e. The number of anilines is 1. The van der Waals surface area contributed by atoms with Crippen LogP contribution in [0.3, 0.4) is 0 Å². The van der Waals surface area contributed by atoms with E-state index in [0.717, 1.165) is 11.3 Å². The molecule has 1 heterocycles. The average Bonchev–Trinajstić information content (AvgIpc) is 2.30. The summed E-state index contributed by atoms with van der Waals surface area (Å²) in [6, 6.07) is 8.01. The Morgan fingerprint density at radius 2 is 1.92 bits per heavy atom. The second kappa shape index (κ2) is 2.48. The molecule has 13 heavy (non-hydrogen) atoms. The first-order chi connectivity index (χ1) is 6.05. The lowest BCUT2D eigenvalue weighted by Gasteiger charge is -2.32. The lowest BCUT2D eigenvalue weighted by molar-refractivity contribution is 0.115. The van der Waals surface area contributed by atoms with Gasteiger partial charge in [-0.15, -0.1) is 0 Å². The molecule has 0 aromatic heterocycles. The molecular formula is C11H15NO. The van der Waals surface area contributed by atoms with Gasteiger partial charge < -0.3 is 10.0 Å². The average molecular weight is 177 g/mol. The molecule has 0 saturated carbocycles. The summed E-state index contributed by atoms with van der Waals surface area (Å²) in [7, 11) is 2.02. The van der Waals surface area contributed by atoms with Crippen LogP contribution >= 0.6 is 0 Å². The highest BCUT2D eigenvalue weighted by Crippen LogP contribution is 2.44. The van der Waals surface area contributed by atoms with E-state index in [2.05, 4.69) is 18.7 Å². The maximum atomic E-state index is 10.0. The maximum absolute atomic E-state index is 10.0. The third kappa shape index (κ3) is 0.985. The molecule has 1 aromatic carbocycles. The van der Waals surface area contributed by atoms with E-state index >= 15 is 0 Å². The molecule has 2 heteroatoms. The van der Waals surface area contributed by atoms with Gasteiger partial charge in [-0.3, -0.25) is 0 Å². The predicted octanol–water partition coefficient (Wildman–Crippen LogP) is 1.95. The lowest BCUT2D eigenvalue weighted by atomic mass is 9.96. The highest BCUT2D eigenvalue weighted by molar-refractivity contribution is 5.62. The van der Waals surface area contributed by atoms with Crippen molar-refractivity contribution < 1.29 is 5.11 Å². The van der Waals surface area contributed by atoms with Gasteiger partial charge in [0.1, 0.15) is 6.10 Å². The fraction of sp³-hybridized carbons (Fsp3) is 0.455. The van der Waals surface area contributed by atoms with Crippen molar-refractivity contribution in [2.45, 2.75) is 25.5 Å². The number of fused-ring (bicyclic) bond motifs is 1. The molecule has 2 rings (SSSR count). The fourth-order valence-corrected chi connectivity index (χ4v) is 1.90. The zero-order valence-electron chi connectivity index (χ0n) is 8.28. The molecule has 1 aromatic rings. The molecule has 0 fully saturated rings. The van der Waals surface area contributed by atoms with Gasteiger partial charge in [0.15, 0.2) is 0 Å². The standard InChI is InChI=1S/C11H15NO/c1-11(2)10(13)8-6-4-5-7-9(8)12(11)3/h4-7,10,13H,1-3H3/t10-/m1/s1. The smallest absolute Gasteiger partial charge is 0.104 e. The Bertz CT molecular complexity index is 302. The summed E-state index contributed by atoms with van der Waals surface area (Å²) in [5.74, 6) is 0. The van der Waals surface area contributed by atoms with E-state index in [9.17, 15) is 5.11 Å². The minimum absolute atomic E-state index is 0.191. The Balaban J connectivity index is 2.57. The molecule has 1 aliphatic heterocycles. The van der Waals surface area contributed by atoms with Gasteiger partial charge in [-0.1, -0.05) is 18.2 Å². The molecule has 1 aliphatic rings. The Labute approximate surface area is 78.8 Å². The first kappa shape index (κ1) is 8.57. The molecule has 0 radical (unpaired) electrons. The van der Waals surface area contributed by atoms with Gasteiger partial charge in [-0.2, -0.15) is 0 Å². The first-order valence-corrected chi connectivity index (χ1v) is 4.56. The summed E-state index contributed by atoms with van der Waals surface area (Å²) in [5.41, 5.74) is 1.99. The van der Waals surface area contributed by atoms with Crippen LogP contribution in [0.4, 0.5) is 5.69 Å². The van der Waals surface area contributed by atoms with Crippen LogP contribution < -0.4 is 4.90 Å².